The molecule has 6 aliphatic rings. The van der Waals surface area contributed by atoms with Crippen molar-refractivity contribution in [3.63, 3.8) is 0 Å². The van der Waals surface area contributed by atoms with Crippen LogP contribution in [0.1, 0.15) is 0 Å². The van der Waals surface area contributed by atoms with Crippen molar-refractivity contribution in [2.75, 3.05) is 19.6 Å². The molecule has 338 valence electrons. The van der Waals surface area contributed by atoms with Crippen molar-refractivity contribution in [1.82, 2.24) is 0 Å². The van der Waals surface area contributed by atoms with Gasteiger partial charge in [0.1, 0.15) is 22.9 Å². The zero-order valence-corrected chi connectivity index (χ0v) is 41.5. The average molecular weight is 995 g/mol. The highest BCUT2D eigenvalue weighted by Gasteiger charge is 2.59. The molecule has 11 aromatic carbocycles. The molecule has 0 saturated carbocycles. The summed E-state index contributed by atoms with van der Waals surface area (Å²) >= 11 is 15.6. The Morgan fingerprint density at radius 2 is 0.597 bits per heavy atom. The third-order valence-electron chi connectivity index (χ3n) is 15.4. The smallest absolute Gasteiger partial charge is 0.163 e. The molecule has 0 N–H and O–H groups in total. The van der Waals surface area contributed by atoms with Crippen molar-refractivity contribution in [2.45, 2.75) is 0 Å². The number of hydrogen-bond donors (Lipinski definition) is 0. The molecule has 0 aromatic heterocycles. The number of hydrogen-bond acceptors (Lipinski definition) is 8. The van der Waals surface area contributed by atoms with Crippen LogP contribution in [0.15, 0.2) is 218 Å². The van der Waals surface area contributed by atoms with Gasteiger partial charge in [0.05, 0.1) is 67.4 Å². The molecule has 0 fully saturated rings. The fourth-order valence-corrected chi connectivity index (χ4v) is 23.1. The van der Waals surface area contributed by atoms with E-state index < -0.39 is 12.1 Å². The quantitative estimate of drug-likeness (QED) is 0.161. The van der Waals surface area contributed by atoms with Gasteiger partial charge in [0.25, 0.3) is 0 Å². The molecule has 0 amide bonds. The Labute approximate surface area is 425 Å². The molecular weight excluding hydrogens is 959 g/mol. The van der Waals surface area contributed by atoms with E-state index in [9.17, 15) is 0 Å². The summed E-state index contributed by atoms with van der Waals surface area (Å²) in [7, 11) is 0. The first-order valence-corrected chi connectivity index (χ1v) is 29.8. The molecular formula is C62H36N4O2P2S2. The van der Waals surface area contributed by atoms with Crippen molar-refractivity contribution in [3.8, 4) is 23.0 Å². The first-order valence-electron chi connectivity index (χ1n) is 24.1. The molecule has 0 spiro atoms. The standard InChI is InChI=1S/C62H36N4O2P2S2/c71-69-57-45-31-17-33-47(57)65(41-25-9-3-10-26-41)53-56-62-54(55(61(53)69)67-49-35-37-19-13-15-29-43(37)51(59(49)69)63(45)39-21-5-1-6-22-39)66(42-27-11-4-12-28-42)48-34-18-32-46-58(48)70(62,72)60-50(68-56)36-38-20-14-16-30-44(38)52(60)64(46)40-23-7-2-8-24-40/h1-36H. The Balaban J connectivity index is 1.10. The number of ether oxygens (including phenoxy) is 2. The van der Waals surface area contributed by atoms with Gasteiger partial charge in [-0.15, -0.1) is 0 Å². The molecule has 0 bridgehead atoms. The van der Waals surface area contributed by atoms with Crippen LogP contribution in [0.3, 0.4) is 0 Å². The molecule has 10 heteroatoms. The second kappa shape index (κ2) is 13.9. The second-order valence-electron chi connectivity index (χ2n) is 19.0. The fraction of sp³-hybridized carbons (Fsp3) is 0. The Morgan fingerprint density at radius 1 is 0.292 bits per heavy atom. The molecule has 2 unspecified atom stereocenters. The van der Waals surface area contributed by atoms with E-state index in [2.05, 4.69) is 238 Å². The summed E-state index contributed by atoms with van der Waals surface area (Å²) in [6.45, 7) is 0. The van der Waals surface area contributed by atoms with Gasteiger partial charge in [-0.3, -0.25) is 0 Å². The number of fused-ring (bicyclic) bond motifs is 6. The molecule has 17 rings (SSSR count). The van der Waals surface area contributed by atoms with Crippen LogP contribution in [0.4, 0.5) is 68.2 Å². The van der Waals surface area contributed by atoms with Gasteiger partial charge in [-0.25, -0.2) is 0 Å². The predicted molar refractivity (Wildman–Crippen MR) is 307 cm³/mol. The minimum absolute atomic E-state index is 0.749. The van der Waals surface area contributed by atoms with Gasteiger partial charge in [-0.05, 0) is 95.7 Å². The minimum Gasteiger partial charge on any atom is -0.453 e. The van der Waals surface area contributed by atoms with E-state index in [-0.39, 0.29) is 0 Å². The van der Waals surface area contributed by atoms with Crippen LogP contribution in [0, 0.1) is 0 Å². The molecule has 11 aromatic rings. The van der Waals surface area contributed by atoms with Crippen molar-refractivity contribution in [2.24, 2.45) is 0 Å². The molecule has 0 aliphatic carbocycles. The third-order valence-corrected chi connectivity index (χ3v) is 25.1. The summed E-state index contributed by atoms with van der Waals surface area (Å²) in [6.07, 6.45) is 0. The summed E-state index contributed by atoms with van der Waals surface area (Å²) in [5, 5.41) is 10.8. The lowest BCUT2D eigenvalue weighted by molar-refractivity contribution is 0.479. The van der Waals surface area contributed by atoms with Gasteiger partial charge in [-0.1, -0.05) is 157 Å². The van der Waals surface area contributed by atoms with Crippen LogP contribution in [-0.2, 0) is 23.6 Å². The normalized spacial score (nSPS) is 18.3. The Morgan fingerprint density at radius 3 is 0.944 bits per heavy atom. The van der Waals surface area contributed by atoms with E-state index in [0.717, 1.165) is 145 Å². The van der Waals surface area contributed by atoms with Crippen molar-refractivity contribution >= 4 is 157 Å². The molecule has 6 aliphatic heterocycles. The zero-order valence-electron chi connectivity index (χ0n) is 38.1. The van der Waals surface area contributed by atoms with E-state index in [1.807, 2.05) is 0 Å². The zero-order chi connectivity index (χ0) is 47.2. The largest absolute Gasteiger partial charge is 0.453 e. The van der Waals surface area contributed by atoms with Gasteiger partial charge in [0.2, 0.25) is 0 Å². The number of para-hydroxylation sites is 4. The number of benzene rings is 11. The molecule has 72 heavy (non-hydrogen) atoms. The lowest BCUT2D eigenvalue weighted by Gasteiger charge is -2.54. The van der Waals surface area contributed by atoms with E-state index in [0.29, 0.717) is 0 Å². The first-order chi connectivity index (χ1) is 35.5. The van der Waals surface area contributed by atoms with E-state index >= 15 is 0 Å². The predicted octanol–water partition coefficient (Wildman–Crippen LogP) is 14.8. The number of anilines is 12. The summed E-state index contributed by atoms with van der Waals surface area (Å²) in [4.78, 5) is 9.72. The highest BCUT2D eigenvalue weighted by Crippen LogP contribution is 2.75. The summed E-state index contributed by atoms with van der Waals surface area (Å²) in [5.74, 6) is 3.06. The molecule has 0 radical (unpaired) electrons. The summed E-state index contributed by atoms with van der Waals surface area (Å²) in [5.41, 5.74) is 12.2. The van der Waals surface area contributed by atoms with Gasteiger partial charge in [0, 0.05) is 44.1 Å². The number of nitrogens with zero attached hydrogens (tertiary/aromatic N) is 4. The topological polar surface area (TPSA) is 31.4 Å². The SMILES string of the molecule is S=P12c3c4cccc3N(c3ccccc3)c3c1c(cc1ccccc31)Oc1c3c5c(c(c12)N4c1ccccc1)Oc1cc2ccccc2c2c1P5(=S)c1c(cccc1N2c1ccccc1)N3c1ccccc1. The summed E-state index contributed by atoms with van der Waals surface area (Å²) in [6, 6.07) is 72.0. The van der Waals surface area contributed by atoms with E-state index in [1.165, 1.54) is 0 Å². The van der Waals surface area contributed by atoms with Crippen molar-refractivity contribution in [3.05, 3.63) is 218 Å². The van der Waals surface area contributed by atoms with Crippen molar-refractivity contribution < 1.29 is 9.47 Å². The van der Waals surface area contributed by atoms with Gasteiger partial charge in [0.15, 0.2) is 11.5 Å². The van der Waals surface area contributed by atoms with Crippen LogP contribution < -0.4 is 60.9 Å². The maximum Gasteiger partial charge on any atom is 0.163 e. The maximum absolute atomic E-state index is 7.94. The van der Waals surface area contributed by atoms with Gasteiger partial charge in [-0.2, -0.15) is 0 Å². The highest BCUT2D eigenvalue weighted by molar-refractivity contribution is 8.27. The average Bonchev–Trinajstić information content (AvgIpc) is 3.42. The van der Waals surface area contributed by atoms with Crippen LogP contribution in [0.5, 0.6) is 23.0 Å². The van der Waals surface area contributed by atoms with Crippen LogP contribution in [0.25, 0.3) is 21.5 Å². The van der Waals surface area contributed by atoms with E-state index in [1.54, 1.807) is 0 Å². The number of rotatable bonds is 4. The minimum atomic E-state index is -3.09. The summed E-state index contributed by atoms with van der Waals surface area (Å²) < 4.78 is 15.9. The van der Waals surface area contributed by atoms with Gasteiger partial charge < -0.3 is 29.1 Å². The first kappa shape index (κ1) is 39.7. The highest BCUT2D eigenvalue weighted by atomic mass is 32.4. The lowest BCUT2D eigenvalue weighted by Crippen LogP contribution is -2.50. The third kappa shape index (κ3) is 4.69. The second-order valence-corrected chi connectivity index (χ2v) is 27.4. The molecule has 6 heterocycles. The van der Waals surface area contributed by atoms with E-state index in [4.69, 9.17) is 33.1 Å². The van der Waals surface area contributed by atoms with Crippen LogP contribution in [-0.4, -0.2) is 0 Å². The van der Waals surface area contributed by atoms with Crippen LogP contribution in [0.2, 0.25) is 0 Å². The Kier molecular flexibility index (Phi) is 7.68. The molecule has 6 nitrogen and oxygen atoms in total. The molecule has 2 atom stereocenters. The lowest BCUT2D eigenvalue weighted by atomic mass is 10.0. The van der Waals surface area contributed by atoms with Crippen molar-refractivity contribution in [1.29, 1.82) is 0 Å². The fourth-order valence-electron chi connectivity index (χ4n) is 12.8. The monoisotopic (exact) mass is 994 g/mol. The Hall–Kier alpha value is -7.96. The molecule has 0 saturated heterocycles. The van der Waals surface area contributed by atoms with Crippen LogP contribution >= 0.6 is 12.1 Å². The van der Waals surface area contributed by atoms with Gasteiger partial charge >= 0.3 is 0 Å². The maximum atomic E-state index is 7.94. The Bertz CT molecular complexity index is 4100.